The second kappa shape index (κ2) is 8.52. The molecule has 1 aromatic carbocycles. The summed E-state index contributed by atoms with van der Waals surface area (Å²) in [6.07, 6.45) is 0.815. The highest BCUT2D eigenvalue weighted by molar-refractivity contribution is 9.12. The lowest BCUT2D eigenvalue weighted by atomic mass is 9.81. The van der Waals surface area contributed by atoms with E-state index in [1.165, 1.54) is 0 Å². The molecule has 6 atom stereocenters. The zero-order chi connectivity index (χ0) is 21.7. The topological polar surface area (TPSA) is 92.8 Å². The van der Waals surface area contributed by atoms with E-state index in [-0.39, 0.29) is 33.3 Å². The molecular weight excluding hydrogens is 611 g/mol. The molecule has 2 saturated carbocycles. The summed E-state index contributed by atoms with van der Waals surface area (Å²) in [6.45, 7) is -1.04. The summed E-state index contributed by atoms with van der Waals surface area (Å²) in [5.41, 5.74) is 0.378. The summed E-state index contributed by atoms with van der Waals surface area (Å²) in [5.74, 6) is -2.69. The normalized spacial score (nSPS) is 31.8. The minimum absolute atomic E-state index is 0.0725. The van der Waals surface area contributed by atoms with Crippen LogP contribution < -0.4 is 5.32 Å². The van der Waals surface area contributed by atoms with Gasteiger partial charge in [-0.15, -0.1) is 0 Å². The van der Waals surface area contributed by atoms with E-state index in [4.69, 9.17) is 16.3 Å². The van der Waals surface area contributed by atoms with Gasteiger partial charge in [0, 0.05) is 14.1 Å². The lowest BCUT2D eigenvalue weighted by molar-refractivity contribution is -0.154. The van der Waals surface area contributed by atoms with Crippen LogP contribution in [0.15, 0.2) is 22.7 Å². The second-order valence-electron chi connectivity index (χ2n) is 7.60. The molecule has 3 fully saturated rings. The molecule has 1 aliphatic heterocycles. The molecule has 1 N–H and O–H groups in total. The van der Waals surface area contributed by atoms with Gasteiger partial charge in [-0.2, -0.15) is 0 Å². The standard InChI is InChI=1S/C19H16Br3ClN2O5/c20-7-1-2-11(10(23)3-7)24-12(26)6-30-13(27)5-25-18(28)14-8-4-9(15(14)19(25)29)17(22)16(8)21/h1-3,8-9,14-17H,4-6H2,(H,24,26)/t8-,9-,14-,15-,16+,17+/m1/s1. The smallest absolute Gasteiger partial charge is 0.326 e. The van der Waals surface area contributed by atoms with Gasteiger partial charge in [0.05, 0.1) is 22.5 Å². The number of carbonyl (C=O) groups is 4. The van der Waals surface area contributed by atoms with Gasteiger partial charge in [-0.3, -0.25) is 24.1 Å². The van der Waals surface area contributed by atoms with Crippen molar-refractivity contribution >= 4 is 88.8 Å². The number of likely N-dealkylation sites (tertiary alicyclic amines) is 1. The first-order valence-corrected chi connectivity index (χ1v) is 12.2. The van der Waals surface area contributed by atoms with Crippen LogP contribution in [0.5, 0.6) is 0 Å². The molecule has 7 nitrogen and oxygen atoms in total. The monoisotopic (exact) mass is 624 g/mol. The largest absolute Gasteiger partial charge is 0.454 e. The van der Waals surface area contributed by atoms with E-state index in [2.05, 4.69) is 53.1 Å². The van der Waals surface area contributed by atoms with Crippen LogP contribution in [0, 0.1) is 23.7 Å². The third-order valence-electron chi connectivity index (χ3n) is 5.94. The summed E-state index contributed by atoms with van der Waals surface area (Å²) in [7, 11) is 0. The number of alkyl halides is 2. The minimum Gasteiger partial charge on any atom is -0.454 e. The fourth-order valence-corrected chi connectivity index (χ4v) is 7.26. The van der Waals surface area contributed by atoms with E-state index in [1.54, 1.807) is 18.2 Å². The summed E-state index contributed by atoms with van der Waals surface area (Å²) < 4.78 is 5.72. The maximum atomic E-state index is 12.8. The Morgan fingerprint density at radius 2 is 1.73 bits per heavy atom. The third-order valence-corrected chi connectivity index (χ3v) is 9.95. The molecule has 30 heavy (non-hydrogen) atoms. The fraction of sp³-hybridized carbons (Fsp3) is 0.474. The van der Waals surface area contributed by atoms with Gasteiger partial charge in [-0.1, -0.05) is 59.4 Å². The van der Waals surface area contributed by atoms with Gasteiger partial charge in [0.1, 0.15) is 6.54 Å². The molecular formula is C19H16Br3ClN2O5. The zero-order valence-corrected chi connectivity index (χ0v) is 20.8. The number of amides is 3. The molecule has 11 heteroatoms. The number of nitrogens with zero attached hydrogens (tertiary/aromatic N) is 1. The van der Waals surface area contributed by atoms with Crippen molar-refractivity contribution in [1.29, 1.82) is 0 Å². The first kappa shape index (κ1) is 22.2. The van der Waals surface area contributed by atoms with Gasteiger partial charge in [0.2, 0.25) is 11.8 Å². The van der Waals surface area contributed by atoms with Crippen LogP contribution in [0.25, 0.3) is 0 Å². The van der Waals surface area contributed by atoms with Crippen LogP contribution in [0.2, 0.25) is 5.02 Å². The number of nitrogens with one attached hydrogen (secondary N) is 1. The van der Waals surface area contributed by atoms with Crippen molar-refractivity contribution in [2.45, 2.75) is 16.1 Å². The molecule has 4 rings (SSSR count). The molecule has 3 amide bonds. The van der Waals surface area contributed by atoms with E-state index in [0.29, 0.717) is 10.7 Å². The minimum atomic E-state index is -0.813. The van der Waals surface area contributed by atoms with E-state index in [0.717, 1.165) is 15.8 Å². The van der Waals surface area contributed by atoms with E-state index >= 15 is 0 Å². The number of anilines is 1. The average Bonchev–Trinajstić information content (AvgIpc) is 3.29. The summed E-state index contributed by atoms with van der Waals surface area (Å²) in [5, 5.41) is 2.87. The number of imide groups is 1. The third kappa shape index (κ3) is 3.84. The van der Waals surface area contributed by atoms with Crippen molar-refractivity contribution in [1.82, 2.24) is 4.90 Å². The summed E-state index contributed by atoms with van der Waals surface area (Å²) >= 11 is 16.5. The Bertz CT molecular complexity index is 913. The fourth-order valence-electron chi connectivity index (χ4n) is 4.66. The Balaban J connectivity index is 1.32. The quantitative estimate of drug-likeness (QED) is 0.307. The molecule has 1 heterocycles. The van der Waals surface area contributed by atoms with Crippen molar-refractivity contribution < 1.29 is 23.9 Å². The Hall–Kier alpha value is -0.970. The van der Waals surface area contributed by atoms with Crippen LogP contribution >= 0.6 is 59.4 Å². The molecule has 1 aromatic rings. The van der Waals surface area contributed by atoms with Gasteiger partial charge >= 0.3 is 5.97 Å². The zero-order valence-electron chi connectivity index (χ0n) is 15.3. The van der Waals surface area contributed by atoms with E-state index < -0.39 is 36.9 Å². The number of esters is 1. The number of carbonyl (C=O) groups excluding carboxylic acids is 4. The SMILES string of the molecule is O=C(COC(=O)CN1C(=O)[C@@H]2[C@H]3C[C@@H]([C@H](Br)[C@H]3Br)[C@H]2C1=O)Nc1ccc(Br)cc1Cl. The molecule has 0 aromatic heterocycles. The number of halogens is 4. The summed E-state index contributed by atoms with van der Waals surface area (Å²) in [6, 6.07) is 4.93. The van der Waals surface area contributed by atoms with E-state index in [1.807, 2.05) is 0 Å². The van der Waals surface area contributed by atoms with Gasteiger partial charge in [-0.25, -0.2) is 0 Å². The molecule has 0 unspecified atom stereocenters. The van der Waals surface area contributed by atoms with Crippen molar-refractivity contribution in [3.8, 4) is 0 Å². The number of hydrogen-bond acceptors (Lipinski definition) is 5. The highest BCUT2D eigenvalue weighted by atomic mass is 79.9. The Morgan fingerprint density at radius 1 is 1.13 bits per heavy atom. The molecule has 0 radical (unpaired) electrons. The Morgan fingerprint density at radius 3 is 2.30 bits per heavy atom. The van der Waals surface area contributed by atoms with Crippen molar-refractivity contribution in [2.75, 3.05) is 18.5 Å². The van der Waals surface area contributed by atoms with Crippen LogP contribution in [0.4, 0.5) is 5.69 Å². The number of rotatable bonds is 5. The maximum absolute atomic E-state index is 12.8. The van der Waals surface area contributed by atoms with Gasteiger partial charge < -0.3 is 10.1 Å². The van der Waals surface area contributed by atoms with Gasteiger partial charge in [0.25, 0.3) is 5.91 Å². The lowest BCUT2D eigenvalue weighted by Crippen LogP contribution is -2.38. The van der Waals surface area contributed by atoms with E-state index in [9.17, 15) is 19.2 Å². The molecule has 3 aliphatic rings. The van der Waals surface area contributed by atoms with Gasteiger partial charge in [-0.05, 0) is 36.5 Å². The molecule has 2 aliphatic carbocycles. The van der Waals surface area contributed by atoms with Crippen molar-refractivity contribution in [2.24, 2.45) is 23.7 Å². The van der Waals surface area contributed by atoms with Crippen LogP contribution in [0.1, 0.15) is 6.42 Å². The highest BCUT2D eigenvalue weighted by Gasteiger charge is 2.66. The molecule has 160 valence electrons. The number of hydrogen-bond donors (Lipinski definition) is 1. The number of fused-ring (bicyclic) bond motifs is 5. The highest BCUT2D eigenvalue weighted by Crippen LogP contribution is 2.60. The number of benzene rings is 1. The Kier molecular flexibility index (Phi) is 6.31. The lowest BCUT2D eigenvalue weighted by Gasteiger charge is -2.28. The Labute approximate surface area is 202 Å². The average molecular weight is 628 g/mol. The van der Waals surface area contributed by atoms with Crippen LogP contribution in [0.3, 0.4) is 0 Å². The van der Waals surface area contributed by atoms with Crippen molar-refractivity contribution in [3.63, 3.8) is 0 Å². The van der Waals surface area contributed by atoms with Crippen LogP contribution in [-0.2, 0) is 23.9 Å². The summed E-state index contributed by atoms with van der Waals surface area (Å²) in [4.78, 5) is 51.0. The van der Waals surface area contributed by atoms with Crippen molar-refractivity contribution in [3.05, 3.63) is 27.7 Å². The molecule has 2 bridgehead atoms. The predicted molar refractivity (Wildman–Crippen MR) is 119 cm³/mol. The second-order valence-corrected chi connectivity index (χ2v) is 11.0. The number of ether oxygens (including phenoxy) is 1. The first-order chi connectivity index (χ1) is 14.2. The first-order valence-electron chi connectivity index (χ1n) is 9.23. The van der Waals surface area contributed by atoms with Gasteiger partial charge in [0.15, 0.2) is 6.61 Å². The maximum Gasteiger partial charge on any atom is 0.326 e. The molecule has 1 saturated heterocycles. The predicted octanol–water partition coefficient (Wildman–Crippen LogP) is 3.36. The molecule has 0 spiro atoms. The van der Waals surface area contributed by atoms with Crippen LogP contribution in [-0.4, -0.2) is 51.4 Å².